The summed E-state index contributed by atoms with van der Waals surface area (Å²) in [6.07, 6.45) is 3.58. The van der Waals surface area contributed by atoms with Crippen molar-refractivity contribution in [3.63, 3.8) is 0 Å². The Kier molecular flexibility index (Phi) is 9.07. The largest absolute Gasteiger partial charge is 0.493 e. The van der Waals surface area contributed by atoms with Gasteiger partial charge in [-0.15, -0.1) is 0 Å². The standard InChI is InChI=1S/C25H28ClIN2O5/c1-15-6-5-11-29(14-15)25(31)20(28-24(30)18-13-17(27)8-9-19(18)26)12-16-7-10-21(32-2)23(34-4)22(16)33-3/h7-10,12-13,15H,5-6,11,14H2,1-4H3,(H,28,30)/b20-12-. The third kappa shape index (κ3) is 5.96. The zero-order chi connectivity index (χ0) is 24.8. The van der Waals surface area contributed by atoms with E-state index < -0.39 is 5.91 Å². The van der Waals surface area contributed by atoms with E-state index in [9.17, 15) is 9.59 Å². The number of amides is 2. The zero-order valence-electron chi connectivity index (χ0n) is 19.6. The van der Waals surface area contributed by atoms with E-state index >= 15 is 0 Å². The van der Waals surface area contributed by atoms with Crippen LogP contribution in [0.3, 0.4) is 0 Å². The van der Waals surface area contributed by atoms with E-state index in [1.165, 1.54) is 21.3 Å². The van der Waals surface area contributed by atoms with Crippen molar-refractivity contribution in [3.8, 4) is 17.2 Å². The molecule has 2 aromatic rings. The van der Waals surface area contributed by atoms with Gasteiger partial charge in [0.1, 0.15) is 5.70 Å². The Labute approximate surface area is 218 Å². The first-order chi connectivity index (χ1) is 16.3. The van der Waals surface area contributed by atoms with Crippen LogP contribution in [0.2, 0.25) is 5.02 Å². The van der Waals surface area contributed by atoms with Crippen molar-refractivity contribution < 1.29 is 23.8 Å². The van der Waals surface area contributed by atoms with Gasteiger partial charge in [0, 0.05) is 22.2 Å². The molecule has 0 bridgehead atoms. The highest BCUT2D eigenvalue weighted by molar-refractivity contribution is 14.1. The fourth-order valence-corrected chi connectivity index (χ4v) is 4.64. The molecular weight excluding hydrogens is 571 g/mol. The number of piperidine rings is 1. The SMILES string of the molecule is COc1ccc(/C=C(\NC(=O)c2cc(I)ccc2Cl)C(=O)N2CCCC(C)C2)c(OC)c1OC. The van der Waals surface area contributed by atoms with E-state index in [-0.39, 0.29) is 11.6 Å². The molecule has 1 unspecified atom stereocenters. The van der Waals surface area contributed by atoms with Gasteiger partial charge >= 0.3 is 0 Å². The van der Waals surface area contributed by atoms with Crippen LogP contribution in [0.5, 0.6) is 17.2 Å². The fourth-order valence-electron chi connectivity index (χ4n) is 3.95. The molecule has 182 valence electrons. The number of nitrogens with zero attached hydrogens (tertiary/aromatic N) is 1. The summed E-state index contributed by atoms with van der Waals surface area (Å²) in [4.78, 5) is 28.5. The third-order valence-electron chi connectivity index (χ3n) is 5.63. The van der Waals surface area contributed by atoms with Crippen LogP contribution in [-0.4, -0.2) is 51.1 Å². The summed E-state index contributed by atoms with van der Waals surface area (Å²) in [5, 5.41) is 3.10. The van der Waals surface area contributed by atoms with Crippen molar-refractivity contribution in [1.82, 2.24) is 10.2 Å². The molecule has 2 amide bonds. The summed E-state index contributed by atoms with van der Waals surface area (Å²) < 4.78 is 17.2. The lowest BCUT2D eigenvalue weighted by molar-refractivity contribution is -0.129. The molecule has 0 aliphatic carbocycles. The molecule has 0 saturated carbocycles. The van der Waals surface area contributed by atoms with Gasteiger partial charge in [0.25, 0.3) is 11.8 Å². The molecule has 1 atom stereocenters. The first-order valence-corrected chi connectivity index (χ1v) is 12.3. The number of hydrogen-bond donors (Lipinski definition) is 1. The molecule has 7 nitrogen and oxygen atoms in total. The first kappa shape index (κ1) is 26.2. The van der Waals surface area contributed by atoms with E-state index in [0.717, 1.165) is 16.4 Å². The molecule has 9 heteroatoms. The molecule has 34 heavy (non-hydrogen) atoms. The minimum absolute atomic E-state index is 0.125. The number of carbonyl (C=O) groups is 2. The van der Waals surface area contributed by atoms with Gasteiger partial charge in [0.2, 0.25) is 5.75 Å². The molecule has 1 aliphatic rings. The highest BCUT2D eigenvalue weighted by atomic mass is 127. The lowest BCUT2D eigenvalue weighted by Crippen LogP contribution is -2.43. The van der Waals surface area contributed by atoms with Gasteiger partial charge in [-0.1, -0.05) is 18.5 Å². The first-order valence-electron chi connectivity index (χ1n) is 10.8. The number of rotatable bonds is 7. The Balaban J connectivity index is 2.06. The maximum atomic E-state index is 13.6. The Hall–Kier alpha value is -2.46. The summed E-state index contributed by atoms with van der Waals surface area (Å²) in [7, 11) is 4.55. The molecule has 1 fully saturated rings. The highest BCUT2D eigenvalue weighted by Gasteiger charge is 2.26. The second-order valence-electron chi connectivity index (χ2n) is 8.06. The van der Waals surface area contributed by atoms with Gasteiger partial charge in [-0.25, -0.2) is 0 Å². The predicted octanol–water partition coefficient (Wildman–Crippen LogP) is 5.00. The molecule has 1 aliphatic heterocycles. The van der Waals surface area contributed by atoms with Crippen molar-refractivity contribution in [2.24, 2.45) is 5.92 Å². The summed E-state index contributed by atoms with van der Waals surface area (Å²) in [6.45, 7) is 3.37. The monoisotopic (exact) mass is 598 g/mol. The smallest absolute Gasteiger partial charge is 0.270 e. The minimum Gasteiger partial charge on any atom is -0.493 e. The number of halogens is 2. The lowest BCUT2D eigenvalue weighted by Gasteiger charge is -2.31. The highest BCUT2D eigenvalue weighted by Crippen LogP contribution is 2.40. The second-order valence-corrected chi connectivity index (χ2v) is 9.71. The molecule has 1 saturated heterocycles. The number of carbonyl (C=O) groups excluding carboxylic acids is 2. The minimum atomic E-state index is -0.465. The summed E-state index contributed by atoms with van der Waals surface area (Å²) in [5.41, 5.74) is 0.973. The number of ether oxygens (including phenoxy) is 3. The van der Waals surface area contributed by atoms with Crippen molar-refractivity contribution in [1.29, 1.82) is 0 Å². The molecule has 2 aromatic carbocycles. The van der Waals surface area contributed by atoms with Crippen molar-refractivity contribution in [2.75, 3.05) is 34.4 Å². The molecule has 0 spiro atoms. The zero-order valence-corrected chi connectivity index (χ0v) is 22.5. The molecule has 0 aromatic heterocycles. The van der Waals surface area contributed by atoms with Crippen LogP contribution >= 0.6 is 34.2 Å². The van der Waals surface area contributed by atoms with Gasteiger partial charge in [-0.3, -0.25) is 9.59 Å². The second kappa shape index (κ2) is 11.8. The van der Waals surface area contributed by atoms with Crippen LogP contribution in [-0.2, 0) is 4.79 Å². The maximum absolute atomic E-state index is 13.6. The molecule has 3 rings (SSSR count). The van der Waals surface area contributed by atoms with Gasteiger partial charge in [0.15, 0.2) is 11.5 Å². The topological polar surface area (TPSA) is 77.1 Å². The average Bonchev–Trinajstić information content (AvgIpc) is 2.83. The lowest BCUT2D eigenvalue weighted by atomic mass is 10.00. The Bertz CT molecular complexity index is 1100. The Morgan fingerprint density at radius 1 is 1.12 bits per heavy atom. The van der Waals surface area contributed by atoms with Crippen molar-refractivity contribution >= 4 is 52.1 Å². The van der Waals surface area contributed by atoms with E-state index in [4.69, 9.17) is 25.8 Å². The fraction of sp³-hybridized carbons (Fsp3) is 0.360. The normalized spacial score (nSPS) is 16.1. The van der Waals surface area contributed by atoms with Gasteiger partial charge < -0.3 is 24.4 Å². The predicted molar refractivity (Wildman–Crippen MR) is 141 cm³/mol. The average molecular weight is 599 g/mol. The van der Waals surface area contributed by atoms with Gasteiger partial charge in [0.05, 0.1) is 31.9 Å². The molecular formula is C25H28ClIN2O5. The van der Waals surface area contributed by atoms with Crippen LogP contribution in [0.25, 0.3) is 6.08 Å². The quantitative estimate of drug-likeness (QED) is 0.359. The maximum Gasteiger partial charge on any atom is 0.270 e. The van der Waals surface area contributed by atoms with E-state index in [1.807, 2.05) is 6.07 Å². The Morgan fingerprint density at radius 3 is 2.50 bits per heavy atom. The van der Waals surface area contributed by atoms with Gasteiger partial charge in [-0.2, -0.15) is 0 Å². The molecule has 1 heterocycles. The Morgan fingerprint density at radius 2 is 1.85 bits per heavy atom. The van der Waals surface area contributed by atoms with Gasteiger partial charge in [-0.05, 0) is 77.8 Å². The number of likely N-dealkylation sites (tertiary alicyclic amines) is 1. The molecule has 1 N–H and O–H groups in total. The van der Waals surface area contributed by atoms with Crippen LogP contribution < -0.4 is 19.5 Å². The van der Waals surface area contributed by atoms with Crippen LogP contribution in [0.4, 0.5) is 0 Å². The van der Waals surface area contributed by atoms with Crippen LogP contribution in [0.15, 0.2) is 36.0 Å². The van der Waals surface area contributed by atoms with Crippen molar-refractivity contribution in [3.05, 3.63) is 55.7 Å². The van der Waals surface area contributed by atoms with E-state index in [1.54, 1.807) is 35.2 Å². The van der Waals surface area contributed by atoms with Crippen LogP contribution in [0.1, 0.15) is 35.7 Å². The summed E-state index contributed by atoms with van der Waals surface area (Å²) in [5.74, 6) is 0.926. The number of nitrogens with one attached hydrogen (secondary N) is 1. The van der Waals surface area contributed by atoms with Crippen LogP contribution in [0, 0.1) is 9.49 Å². The van der Waals surface area contributed by atoms with E-state index in [2.05, 4.69) is 34.8 Å². The van der Waals surface area contributed by atoms with Crippen molar-refractivity contribution in [2.45, 2.75) is 19.8 Å². The van der Waals surface area contributed by atoms with E-state index in [0.29, 0.717) is 52.4 Å². The summed E-state index contributed by atoms with van der Waals surface area (Å²) >= 11 is 8.38. The number of benzene rings is 2. The molecule has 0 radical (unpaired) electrons. The summed E-state index contributed by atoms with van der Waals surface area (Å²) in [6, 6.07) is 8.62. The number of hydrogen-bond acceptors (Lipinski definition) is 5. The third-order valence-corrected chi connectivity index (χ3v) is 6.63. The number of methoxy groups -OCH3 is 3.